The van der Waals surface area contributed by atoms with Crippen LogP contribution in [0.3, 0.4) is 0 Å². The van der Waals surface area contributed by atoms with Gasteiger partial charge in [0, 0.05) is 34.6 Å². The number of Topliss-reactive ketones (excluding diaryl/α,β-unsaturated/α-hetero) is 1. The van der Waals surface area contributed by atoms with Crippen molar-refractivity contribution in [1.82, 2.24) is 5.32 Å². The van der Waals surface area contributed by atoms with Gasteiger partial charge in [-0.25, -0.2) is 0 Å². The van der Waals surface area contributed by atoms with Crippen molar-refractivity contribution in [1.29, 1.82) is 0 Å². The van der Waals surface area contributed by atoms with E-state index in [-0.39, 0.29) is 22.9 Å². The summed E-state index contributed by atoms with van der Waals surface area (Å²) < 4.78 is 12.6. The van der Waals surface area contributed by atoms with E-state index in [0.29, 0.717) is 25.3 Å². The standard InChI is InChI=1S/C25H31NO3S/c1-16(2)30(29)22-9-8-19-13-21(25(28)18-6-7-18)14-20(23(19)15-22)10-11-26-24(27)12-17-4-3-5-17/h8-9,13-18H,3-7,10-12H2,1-2H3,(H,26,27). The van der Waals surface area contributed by atoms with Crippen molar-refractivity contribution in [2.75, 3.05) is 6.54 Å². The van der Waals surface area contributed by atoms with E-state index in [1.165, 1.54) is 19.3 Å². The molecule has 2 aliphatic rings. The first-order valence-electron chi connectivity index (χ1n) is 11.2. The molecule has 0 heterocycles. The van der Waals surface area contributed by atoms with Crippen LogP contribution in [0.5, 0.6) is 0 Å². The fourth-order valence-corrected chi connectivity index (χ4v) is 5.09. The van der Waals surface area contributed by atoms with E-state index < -0.39 is 10.8 Å². The third-order valence-corrected chi connectivity index (χ3v) is 7.89. The summed E-state index contributed by atoms with van der Waals surface area (Å²) in [6.45, 7) is 4.46. The van der Waals surface area contributed by atoms with Gasteiger partial charge in [0.2, 0.25) is 5.91 Å². The van der Waals surface area contributed by atoms with E-state index in [4.69, 9.17) is 0 Å². The SMILES string of the molecule is CC(C)S(=O)c1ccc2cc(C(=O)C3CC3)cc(CCNC(=O)CC3CCC3)c2c1. The lowest BCUT2D eigenvalue weighted by Gasteiger charge is -2.24. The molecule has 2 fully saturated rings. The highest BCUT2D eigenvalue weighted by atomic mass is 32.2. The Kier molecular flexibility index (Phi) is 6.37. The first-order valence-corrected chi connectivity index (χ1v) is 12.4. The Hall–Kier alpha value is -2.01. The number of rotatable bonds is 9. The van der Waals surface area contributed by atoms with Gasteiger partial charge in [0.25, 0.3) is 0 Å². The lowest BCUT2D eigenvalue weighted by Crippen LogP contribution is -2.29. The van der Waals surface area contributed by atoms with Crippen LogP contribution in [0.4, 0.5) is 0 Å². The smallest absolute Gasteiger partial charge is 0.220 e. The van der Waals surface area contributed by atoms with Gasteiger partial charge in [-0.05, 0) is 78.6 Å². The molecule has 160 valence electrons. The number of hydrogen-bond acceptors (Lipinski definition) is 3. The zero-order valence-corrected chi connectivity index (χ0v) is 18.7. The fourth-order valence-electron chi connectivity index (χ4n) is 4.11. The molecule has 4 nitrogen and oxygen atoms in total. The molecule has 2 aromatic rings. The number of hydrogen-bond donors (Lipinski definition) is 1. The normalized spacial score (nSPS) is 17.7. The summed E-state index contributed by atoms with van der Waals surface area (Å²) in [4.78, 5) is 25.7. The average molecular weight is 426 g/mol. The molecule has 0 spiro atoms. The molecule has 5 heteroatoms. The molecule has 30 heavy (non-hydrogen) atoms. The highest BCUT2D eigenvalue weighted by Crippen LogP contribution is 2.34. The van der Waals surface area contributed by atoms with Crippen LogP contribution in [0, 0.1) is 11.8 Å². The van der Waals surface area contributed by atoms with Crippen LogP contribution in [0.15, 0.2) is 35.2 Å². The average Bonchev–Trinajstić information content (AvgIpc) is 3.54. The number of nitrogens with one attached hydrogen (secondary N) is 1. The Balaban J connectivity index is 1.57. The number of fused-ring (bicyclic) bond motifs is 1. The molecule has 1 amide bonds. The Morgan fingerprint density at radius 3 is 2.50 bits per heavy atom. The zero-order chi connectivity index (χ0) is 21.3. The molecule has 0 saturated heterocycles. The van der Waals surface area contributed by atoms with Crippen molar-refractivity contribution in [3.63, 3.8) is 0 Å². The van der Waals surface area contributed by atoms with Crippen molar-refractivity contribution in [3.05, 3.63) is 41.5 Å². The molecule has 1 atom stereocenters. The van der Waals surface area contributed by atoms with Gasteiger partial charge < -0.3 is 5.32 Å². The molecule has 1 unspecified atom stereocenters. The summed E-state index contributed by atoms with van der Waals surface area (Å²) in [6, 6.07) is 9.85. The summed E-state index contributed by atoms with van der Waals surface area (Å²) in [5.74, 6) is 1.07. The maximum Gasteiger partial charge on any atom is 0.220 e. The number of benzene rings is 2. The summed E-state index contributed by atoms with van der Waals surface area (Å²) >= 11 is 0. The van der Waals surface area contributed by atoms with Crippen molar-refractivity contribution in [2.45, 2.75) is 68.9 Å². The molecule has 0 aromatic heterocycles. The van der Waals surface area contributed by atoms with Gasteiger partial charge in [0.1, 0.15) is 0 Å². The second-order valence-corrected chi connectivity index (χ2v) is 11.1. The molecule has 2 aromatic carbocycles. The van der Waals surface area contributed by atoms with Gasteiger partial charge >= 0.3 is 0 Å². The second-order valence-electron chi connectivity index (χ2n) is 9.10. The first kappa shape index (κ1) is 21.2. The van der Waals surface area contributed by atoms with Gasteiger partial charge in [-0.1, -0.05) is 26.3 Å². The lowest BCUT2D eigenvalue weighted by atomic mass is 9.83. The van der Waals surface area contributed by atoms with Crippen LogP contribution in [0.2, 0.25) is 0 Å². The molecule has 0 bridgehead atoms. The predicted molar refractivity (Wildman–Crippen MR) is 121 cm³/mol. The van der Waals surface area contributed by atoms with E-state index >= 15 is 0 Å². The van der Waals surface area contributed by atoms with Crippen molar-refractivity contribution in [3.8, 4) is 0 Å². The van der Waals surface area contributed by atoms with E-state index in [1.54, 1.807) is 0 Å². The van der Waals surface area contributed by atoms with Crippen molar-refractivity contribution < 1.29 is 13.8 Å². The monoisotopic (exact) mass is 425 g/mol. The lowest BCUT2D eigenvalue weighted by molar-refractivity contribution is -0.122. The van der Waals surface area contributed by atoms with Gasteiger partial charge in [-0.3, -0.25) is 13.8 Å². The largest absolute Gasteiger partial charge is 0.356 e. The first-order chi connectivity index (χ1) is 14.4. The van der Waals surface area contributed by atoms with Crippen molar-refractivity contribution in [2.24, 2.45) is 11.8 Å². The molecule has 2 saturated carbocycles. The third kappa shape index (κ3) is 4.83. The molecule has 4 rings (SSSR count). The highest BCUT2D eigenvalue weighted by Gasteiger charge is 2.30. The summed E-state index contributed by atoms with van der Waals surface area (Å²) in [5, 5.41) is 5.13. The summed E-state index contributed by atoms with van der Waals surface area (Å²) in [5.41, 5.74) is 1.81. The predicted octanol–water partition coefficient (Wildman–Crippen LogP) is 4.80. The van der Waals surface area contributed by atoms with Gasteiger partial charge in [-0.15, -0.1) is 0 Å². The summed E-state index contributed by atoms with van der Waals surface area (Å²) in [7, 11) is -1.06. The molecule has 2 aliphatic carbocycles. The number of carbonyl (C=O) groups excluding carboxylic acids is 2. The second kappa shape index (κ2) is 9.01. The van der Waals surface area contributed by atoms with Gasteiger partial charge in [0.15, 0.2) is 5.78 Å². The number of ketones is 1. The Morgan fingerprint density at radius 2 is 1.87 bits per heavy atom. The molecule has 1 N–H and O–H groups in total. The third-order valence-electron chi connectivity index (χ3n) is 6.32. The van der Waals surface area contributed by atoms with Gasteiger partial charge in [0.05, 0.1) is 10.8 Å². The minimum Gasteiger partial charge on any atom is -0.356 e. The fraction of sp³-hybridized carbons (Fsp3) is 0.520. The van der Waals surface area contributed by atoms with Crippen molar-refractivity contribution >= 4 is 33.3 Å². The quantitative estimate of drug-likeness (QED) is 0.587. The van der Waals surface area contributed by atoms with Crippen LogP contribution in [0.25, 0.3) is 10.8 Å². The molecule has 0 aliphatic heterocycles. The van der Waals surface area contributed by atoms with Crippen LogP contribution in [0.1, 0.15) is 68.3 Å². The van der Waals surface area contributed by atoms with E-state index in [0.717, 1.165) is 39.6 Å². The minimum atomic E-state index is -1.06. The number of carbonyl (C=O) groups is 2. The van der Waals surface area contributed by atoms with Crippen LogP contribution in [-0.2, 0) is 22.0 Å². The highest BCUT2D eigenvalue weighted by molar-refractivity contribution is 7.85. The van der Waals surface area contributed by atoms with E-state index in [9.17, 15) is 13.8 Å². The number of amides is 1. The van der Waals surface area contributed by atoms with Crippen LogP contribution < -0.4 is 5.32 Å². The maximum atomic E-state index is 12.7. The zero-order valence-electron chi connectivity index (χ0n) is 17.9. The van der Waals surface area contributed by atoms with Gasteiger partial charge in [-0.2, -0.15) is 0 Å². The van der Waals surface area contributed by atoms with E-state index in [1.807, 2.05) is 44.2 Å². The Bertz CT molecular complexity index is 989. The Labute approximate surface area is 181 Å². The molecular weight excluding hydrogens is 394 g/mol. The molecular formula is C25H31NO3S. The Morgan fingerprint density at radius 1 is 1.10 bits per heavy atom. The summed E-state index contributed by atoms with van der Waals surface area (Å²) in [6.07, 6.45) is 6.82. The minimum absolute atomic E-state index is 0.0485. The molecule has 0 radical (unpaired) electrons. The maximum absolute atomic E-state index is 12.7. The van der Waals surface area contributed by atoms with E-state index in [2.05, 4.69) is 5.32 Å². The van der Waals surface area contributed by atoms with Crippen LogP contribution in [-0.4, -0.2) is 27.7 Å². The topological polar surface area (TPSA) is 63.2 Å². The van der Waals surface area contributed by atoms with Crippen LogP contribution >= 0.6 is 0 Å².